The van der Waals surface area contributed by atoms with Crippen LogP contribution < -0.4 is 4.74 Å². The summed E-state index contributed by atoms with van der Waals surface area (Å²) in [5.41, 5.74) is 2.80. The maximum Gasteiger partial charge on any atom is 0.177 e. The minimum absolute atomic E-state index is 0.0461. The molecular weight excluding hydrogens is 344 g/mol. The molecule has 1 aliphatic carbocycles. The van der Waals surface area contributed by atoms with E-state index in [1.54, 1.807) is 0 Å². The molecule has 0 amide bonds. The van der Waals surface area contributed by atoms with Crippen LogP contribution in [0, 0.1) is 0 Å². The standard InChI is InChI=1S/C26H18O2/c27-26(23-13-4-5-15-24(23)28-20-11-2-1-3-12-20)22-17-16-19-9-6-8-18-10-7-14-21(22)25(18)19/h1-17,22H. The largest absolute Gasteiger partial charge is 0.457 e. The van der Waals surface area contributed by atoms with Gasteiger partial charge >= 0.3 is 0 Å². The van der Waals surface area contributed by atoms with Crippen LogP contribution >= 0.6 is 0 Å². The first-order valence-electron chi connectivity index (χ1n) is 9.37. The van der Waals surface area contributed by atoms with Crippen LogP contribution in [-0.2, 0) is 0 Å². The van der Waals surface area contributed by atoms with E-state index in [1.165, 1.54) is 0 Å². The lowest BCUT2D eigenvalue weighted by atomic mass is 9.82. The van der Waals surface area contributed by atoms with Gasteiger partial charge in [0, 0.05) is 0 Å². The Morgan fingerprint density at radius 1 is 0.750 bits per heavy atom. The molecule has 0 spiro atoms. The lowest BCUT2D eigenvalue weighted by Crippen LogP contribution is -2.14. The molecule has 1 unspecified atom stereocenters. The van der Waals surface area contributed by atoms with E-state index in [2.05, 4.69) is 36.4 Å². The number of hydrogen-bond acceptors (Lipinski definition) is 2. The predicted octanol–water partition coefficient (Wildman–Crippen LogP) is 6.63. The van der Waals surface area contributed by atoms with Crippen molar-refractivity contribution < 1.29 is 9.53 Å². The number of rotatable bonds is 4. The summed E-state index contributed by atoms with van der Waals surface area (Å²) in [6, 6.07) is 29.4. The van der Waals surface area contributed by atoms with Crippen molar-refractivity contribution in [2.75, 3.05) is 0 Å². The number of para-hydroxylation sites is 2. The monoisotopic (exact) mass is 362 g/mol. The van der Waals surface area contributed by atoms with E-state index in [1.807, 2.05) is 66.7 Å². The van der Waals surface area contributed by atoms with Crippen LogP contribution in [-0.4, -0.2) is 5.78 Å². The Labute approximate surface area is 163 Å². The summed E-state index contributed by atoms with van der Waals surface area (Å²) in [6.07, 6.45) is 4.05. The van der Waals surface area contributed by atoms with Gasteiger partial charge in [-0.1, -0.05) is 78.9 Å². The Morgan fingerprint density at radius 2 is 1.50 bits per heavy atom. The zero-order chi connectivity index (χ0) is 18.9. The normalized spacial score (nSPS) is 14.8. The third-order valence-corrected chi connectivity index (χ3v) is 5.18. The Hall–Kier alpha value is -3.65. The van der Waals surface area contributed by atoms with Crippen molar-refractivity contribution in [3.05, 3.63) is 114 Å². The van der Waals surface area contributed by atoms with Gasteiger partial charge in [-0.15, -0.1) is 0 Å². The molecule has 4 aromatic rings. The third-order valence-electron chi connectivity index (χ3n) is 5.18. The summed E-state index contributed by atoms with van der Waals surface area (Å²) in [4.78, 5) is 13.5. The molecule has 0 saturated carbocycles. The molecule has 0 aliphatic heterocycles. The molecule has 2 nitrogen and oxygen atoms in total. The average molecular weight is 362 g/mol. The minimum Gasteiger partial charge on any atom is -0.457 e. The highest BCUT2D eigenvalue weighted by molar-refractivity contribution is 6.09. The van der Waals surface area contributed by atoms with E-state index in [9.17, 15) is 4.79 Å². The van der Waals surface area contributed by atoms with Crippen molar-refractivity contribution in [3.8, 4) is 11.5 Å². The summed E-state index contributed by atoms with van der Waals surface area (Å²) in [5.74, 6) is 1.02. The number of hydrogen-bond donors (Lipinski definition) is 0. The van der Waals surface area contributed by atoms with Crippen LogP contribution in [0.4, 0.5) is 0 Å². The van der Waals surface area contributed by atoms with Gasteiger partial charge in [-0.3, -0.25) is 4.79 Å². The van der Waals surface area contributed by atoms with Crippen molar-refractivity contribution in [2.24, 2.45) is 0 Å². The van der Waals surface area contributed by atoms with Crippen LogP contribution in [0.3, 0.4) is 0 Å². The molecule has 4 aromatic carbocycles. The van der Waals surface area contributed by atoms with E-state index >= 15 is 0 Å². The molecule has 0 fully saturated rings. The van der Waals surface area contributed by atoms with Gasteiger partial charge in [0.15, 0.2) is 5.78 Å². The molecule has 2 heteroatoms. The molecule has 0 N–H and O–H groups in total. The second-order valence-electron chi connectivity index (χ2n) is 6.90. The Bertz CT molecular complexity index is 1200. The quantitative estimate of drug-likeness (QED) is 0.381. The first kappa shape index (κ1) is 16.5. The Kier molecular flexibility index (Phi) is 4.02. The fourth-order valence-corrected chi connectivity index (χ4v) is 3.87. The Morgan fingerprint density at radius 3 is 2.36 bits per heavy atom. The number of allylic oxidation sites excluding steroid dienone is 1. The van der Waals surface area contributed by atoms with E-state index in [0.717, 1.165) is 27.6 Å². The molecule has 28 heavy (non-hydrogen) atoms. The van der Waals surface area contributed by atoms with Gasteiger partial charge in [0.1, 0.15) is 11.5 Å². The van der Waals surface area contributed by atoms with Gasteiger partial charge in [-0.25, -0.2) is 0 Å². The summed E-state index contributed by atoms with van der Waals surface area (Å²) in [5, 5.41) is 2.32. The maximum atomic E-state index is 13.5. The van der Waals surface area contributed by atoms with Crippen LogP contribution in [0.5, 0.6) is 11.5 Å². The lowest BCUT2D eigenvalue weighted by Gasteiger charge is -2.21. The number of carbonyl (C=O) groups is 1. The van der Waals surface area contributed by atoms with Gasteiger partial charge in [0.25, 0.3) is 0 Å². The smallest absolute Gasteiger partial charge is 0.177 e. The van der Waals surface area contributed by atoms with Crippen molar-refractivity contribution in [1.29, 1.82) is 0 Å². The zero-order valence-corrected chi connectivity index (χ0v) is 15.2. The predicted molar refractivity (Wildman–Crippen MR) is 113 cm³/mol. The fraction of sp³-hybridized carbons (Fsp3) is 0.0385. The summed E-state index contributed by atoms with van der Waals surface area (Å²) < 4.78 is 6.02. The highest BCUT2D eigenvalue weighted by Crippen LogP contribution is 2.38. The SMILES string of the molecule is O=C(c1ccccc1Oc1ccccc1)C1C=Cc2cccc3cccc1c23. The molecule has 0 heterocycles. The fourth-order valence-electron chi connectivity index (χ4n) is 3.87. The third kappa shape index (κ3) is 2.80. The average Bonchev–Trinajstić information content (AvgIpc) is 2.75. The number of Topliss-reactive ketones (excluding diaryl/α,β-unsaturated/α-hetero) is 1. The summed E-state index contributed by atoms with van der Waals surface area (Å²) in [6.45, 7) is 0. The zero-order valence-electron chi connectivity index (χ0n) is 15.2. The molecule has 134 valence electrons. The van der Waals surface area contributed by atoms with Crippen LogP contribution in [0.2, 0.25) is 0 Å². The molecule has 1 aliphatic rings. The lowest BCUT2D eigenvalue weighted by molar-refractivity contribution is 0.0974. The highest BCUT2D eigenvalue weighted by Gasteiger charge is 2.26. The maximum absolute atomic E-state index is 13.5. The molecule has 0 saturated heterocycles. The summed E-state index contributed by atoms with van der Waals surface area (Å²) >= 11 is 0. The van der Waals surface area contributed by atoms with Gasteiger partial charge in [0.2, 0.25) is 0 Å². The van der Waals surface area contributed by atoms with Crippen LogP contribution in [0.15, 0.2) is 97.1 Å². The van der Waals surface area contributed by atoms with Gasteiger partial charge in [0.05, 0.1) is 11.5 Å². The number of ether oxygens (including phenoxy) is 1. The van der Waals surface area contributed by atoms with E-state index < -0.39 is 0 Å². The first-order valence-corrected chi connectivity index (χ1v) is 9.37. The molecule has 5 rings (SSSR count). The molecular formula is C26H18O2. The van der Waals surface area contributed by atoms with Gasteiger partial charge in [-0.2, -0.15) is 0 Å². The number of carbonyl (C=O) groups excluding carboxylic acids is 1. The first-order chi connectivity index (χ1) is 13.8. The van der Waals surface area contributed by atoms with Gasteiger partial charge in [-0.05, 0) is 46.2 Å². The van der Waals surface area contributed by atoms with E-state index in [0.29, 0.717) is 11.3 Å². The van der Waals surface area contributed by atoms with Crippen molar-refractivity contribution in [2.45, 2.75) is 5.92 Å². The molecule has 0 radical (unpaired) electrons. The topological polar surface area (TPSA) is 26.3 Å². The van der Waals surface area contributed by atoms with Crippen molar-refractivity contribution >= 4 is 22.6 Å². The molecule has 0 aromatic heterocycles. The molecule has 1 atom stereocenters. The molecule has 0 bridgehead atoms. The van der Waals surface area contributed by atoms with E-state index in [-0.39, 0.29) is 11.7 Å². The highest BCUT2D eigenvalue weighted by atomic mass is 16.5. The second-order valence-corrected chi connectivity index (χ2v) is 6.90. The Balaban J connectivity index is 1.57. The summed E-state index contributed by atoms with van der Waals surface area (Å²) in [7, 11) is 0. The van der Waals surface area contributed by atoms with Crippen molar-refractivity contribution in [1.82, 2.24) is 0 Å². The minimum atomic E-state index is -0.320. The van der Waals surface area contributed by atoms with Crippen molar-refractivity contribution in [3.63, 3.8) is 0 Å². The van der Waals surface area contributed by atoms with Gasteiger partial charge < -0.3 is 4.74 Å². The van der Waals surface area contributed by atoms with Crippen LogP contribution in [0.25, 0.3) is 16.8 Å². The number of benzene rings is 4. The van der Waals surface area contributed by atoms with Crippen LogP contribution in [0.1, 0.15) is 27.4 Å². The second kappa shape index (κ2) is 6.82. The van der Waals surface area contributed by atoms with E-state index in [4.69, 9.17) is 4.74 Å². The number of ketones is 1.